The van der Waals surface area contributed by atoms with E-state index in [1.165, 1.54) is 38.5 Å². The van der Waals surface area contributed by atoms with Crippen molar-refractivity contribution in [1.82, 2.24) is 0 Å². The molecule has 0 unspecified atom stereocenters. The molecule has 0 amide bonds. The Labute approximate surface area is 117 Å². The summed E-state index contributed by atoms with van der Waals surface area (Å²) in [5, 5.41) is 0. The van der Waals surface area contributed by atoms with E-state index in [9.17, 15) is 0 Å². The third-order valence-electron chi connectivity index (χ3n) is 4.83. The Bertz CT molecular complexity index is 150. The molecule has 0 bridgehead atoms. The van der Waals surface area contributed by atoms with Crippen molar-refractivity contribution in [3.8, 4) is 0 Å². The van der Waals surface area contributed by atoms with Crippen LogP contribution in [-0.2, 0) is 0 Å². The van der Waals surface area contributed by atoms with Crippen LogP contribution in [0.1, 0.15) is 80.1 Å². The zero-order valence-corrected chi connectivity index (χ0v) is 16.5. The van der Waals surface area contributed by atoms with Gasteiger partial charge < -0.3 is 0 Å². The molecule has 0 aliphatic carbocycles. The van der Waals surface area contributed by atoms with E-state index in [4.69, 9.17) is 8.92 Å². The summed E-state index contributed by atoms with van der Waals surface area (Å²) < 4.78 is 2.63. The van der Waals surface area contributed by atoms with Gasteiger partial charge in [-0.3, -0.25) is 0 Å². The SMILES string of the molecule is CC[CH](CC)[Sn]([Cl])([CH](CC)CC)[CH](CC)CC. The van der Waals surface area contributed by atoms with E-state index < -0.39 is 17.3 Å². The third-order valence-corrected chi connectivity index (χ3v) is 28.8. The van der Waals surface area contributed by atoms with Gasteiger partial charge in [0.05, 0.1) is 0 Å². The van der Waals surface area contributed by atoms with Crippen LogP contribution < -0.4 is 0 Å². The van der Waals surface area contributed by atoms with Gasteiger partial charge in [-0.1, -0.05) is 0 Å². The quantitative estimate of drug-likeness (QED) is 0.396. The van der Waals surface area contributed by atoms with E-state index in [1.807, 2.05) is 0 Å². The first-order valence-electron chi connectivity index (χ1n) is 7.75. The molecule has 104 valence electrons. The van der Waals surface area contributed by atoms with E-state index >= 15 is 0 Å². The molecule has 0 aromatic heterocycles. The van der Waals surface area contributed by atoms with Gasteiger partial charge in [0.15, 0.2) is 0 Å². The fourth-order valence-electron chi connectivity index (χ4n) is 3.74. The summed E-state index contributed by atoms with van der Waals surface area (Å²) in [6.07, 6.45) is 7.85. The standard InChI is InChI=1S/3C5H11.ClH.Sn/c3*1-3-5-4-2;;/h3*5H,3-4H2,1-2H3;1H;/q;;;;+1/p-1. The maximum atomic E-state index is 7.45. The van der Waals surface area contributed by atoms with Crippen molar-refractivity contribution < 1.29 is 0 Å². The van der Waals surface area contributed by atoms with Crippen molar-refractivity contribution in [1.29, 1.82) is 0 Å². The van der Waals surface area contributed by atoms with Gasteiger partial charge in [0.2, 0.25) is 0 Å². The topological polar surface area (TPSA) is 0 Å². The van der Waals surface area contributed by atoms with Crippen LogP contribution in [0.3, 0.4) is 0 Å². The molecule has 0 heterocycles. The molecule has 0 radical (unpaired) electrons. The van der Waals surface area contributed by atoms with Crippen molar-refractivity contribution in [2.75, 3.05) is 0 Å². The first-order valence-corrected chi connectivity index (χ1v) is 16.3. The summed E-state index contributed by atoms with van der Waals surface area (Å²) in [4.78, 5) is 0. The number of halogens is 1. The molecule has 0 rings (SSSR count). The molecule has 0 spiro atoms. The fraction of sp³-hybridized carbons (Fsp3) is 1.00. The van der Waals surface area contributed by atoms with Crippen molar-refractivity contribution in [3.63, 3.8) is 0 Å². The molecule has 0 aromatic carbocycles. The zero-order valence-electron chi connectivity index (χ0n) is 12.9. The van der Waals surface area contributed by atoms with Crippen LogP contribution in [0, 0.1) is 0 Å². The predicted molar refractivity (Wildman–Crippen MR) is 84.6 cm³/mol. The normalized spacial score (nSPS) is 13.1. The van der Waals surface area contributed by atoms with Crippen molar-refractivity contribution >= 4 is 26.2 Å². The van der Waals surface area contributed by atoms with Gasteiger partial charge in [0.25, 0.3) is 0 Å². The van der Waals surface area contributed by atoms with Gasteiger partial charge in [0, 0.05) is 0 Å². The van der Waals surface area contributed by atoms with E-state index in [0.717, 1.165) is 11.8 Å². The molecule has 2 heteroatoms. The molecule has 0 aliphatic rings. The van der Waals surface area contributed by atoms with Crippen LogP contribution in [0.25, 0.3) is 0 Å². The average molecular weight is 368 g/mol. The summed E-state index contributed by atoms with van der Waals surface area (Å²) in [5.41, 5.74) is 0. The van der Waals surface area contributed by atoms with Gasteiger partial charge >= 0.3 is 118 Å². The van der Waals surface area contributed by atoms with Gasteiger partial charge in [-0.15, -0.1) is 0 Å². The van der Waals surface area contributed by atoms with Crippen molar-refractivity contribution in [3.05, 3.63) is 0 Å². The number of hydrogen-bond acceptors (Lipinski definition) is 0. The Balaban J connectivity index is 5.29. The Morgan fingerprint density at radius 1 is 0.588 bits per heavy atom. The van der Waals surface area contributed by atoms with Crippen LogP contribution in [0.2, 0.25) is 11.8 Å². The van der Waals surface area contributed by atoms with Gasteiger partial charge in [0.1, 0.15) is 0 Å². The van der Waals surface area contributed by atoms with Crippen LogP contribution in [0.4, 0.5) is 0 Å². The monoisotopic (exact) mass is 368 g/mol. The molecule has 17 heavy (non-hydrogen) atoms. The Hall–Kier alpha value is 1.09. The van der Waals surface area contributed by atoms with Gasteiger partial charge in [-0.2, -0.15) is 0 Å². The van der Waals surface area contributed by atoms with Crippen LogP contribution >= 0.6 is 8.92 Å². The molecule has 0 saturated carbocycles. The molecular formula is C15H33ClSn. The van der Waals surface area contributed by atoms with Gasteiger partial charge in [-0.25, -0.2) is 0 Å². The second kappa shape index (κ2) is 9.07. The second-order valence-corrected chi connectivity index (χ2v) is 21.5. The number of rotatable bonds is 9. The van der Waals surface area contributed by atoms with E-state index in [0.29, 0.717) is 0 Å². The summed E-state index contributed by atoms with van der Waals surface area (Å²) in [6, 6.07) is 0. The molecule has 0 aliphatic heterocycles. The van der Waals surface area contributed by atoms with Crippen LogP contribution in [0.5, 0.6) is 0 Å². The maximum absolute atomic E-state index is 7.45. The van der Waals surface area contributed by atoms with E-state index in [2.05, 4.69) is 41.5 Å². The predicted octanol–water partition coefficient (Wildman–Crippen LogP) is 6.74. The Kier molecular flexibility index (Phi) is 9.65. The average Bonchev–Trinajstić information content (AvgIpc) is 2.33. The third kappa shape index (κ3) is 4.03. The van der Waals surface area contributed by atoms with Crippen molar-refractivity contribution in [2.45, 2.75) is 91.9 Å². The Morgan fingerprint density at radius 2 is 0.765 bits per heavy atom. The summed E-state index contributed by atoms with van der Waals surface area (Å²) in [6.45, 7) is 14.1. The molecule has 0 saturated heterocycles. The minimum absolute atomic E-state index is 0.876. The first kappa shape index (κ1) is 18.1. The second-order valence-electron chi connectivity index (χ2n) is 5.37. The fourth-order valence-corrected chi connectivity index (χ4v) is 26.4. The Morgan fingerprint density at radius 3 is 0.882 bits per heavy atom. The molecule has 0 atom stereocenters. The summed E-state index contributed by atoms with van der Waals surface area (Å²) >= 11 is -2.53. The molecular weight excluding hydrogens is 334 g/mol. The molecule has 0 aromatic rings. The molecule has 0 nitrogen and oxygen atoms in total. The molecule has 0 N–H and O–H groups in total. The van der Waals surface area contributed by atoms with Gasteiger partial charge in [-0.05, 0) is 0 Å². The minimum atomic E-state index is -2.53. The van der Waals surface area contributed by atoms with E-state index in [1.54, 1.807) is 0 Å². The summed E-state index contributed by atoms with van der Waals surface area (Å²) in [7, 11) is 7.45. The molecule has 0 fully saturated rings. The first-order chi connectivity index (χ1) is 8.06. The van der Waals surface area contributed by atoms with Crippen molar-refractivity contribution in [2.24, 2.45) is 0 Å². The van der Waals surface area contributed by atoms with E-state index in [-0.39, 0.29) is 0 Å². The summed E-state index contributed by atoms with van der Waals surface area (Å²) in [5.74, 6) is 0. The number of hydrogen-bond donors (Lipinski definition) is 0. The van der Waals surface area contributed by atoms with Crippen LogP contribution in [0.15, 0.2) is 0 Å². The van der Waals surface area contributed by atoms with Crippen LogP contribution in [-0.4, -0.2) is 17.3 Å². The zero-order chi connectivity index (χ0) is 13.5.